The van der Waals surface area contributed by atoms with Gasteiger partial charge in [0.05, 0.1) is 6.61 Å². The molecule has 1 rings (SSSR count). The molecule has 0 aromatic heterocycles. The van der Waals surface area contributed by atoms with Crippen LogP contribution in [-0.4, -0.2) is 55.1 Å². The third-order valence-electron chi connectivity index (χ3n) is 2.12. The highest BCUT2D eigenvalue weighted by molar-refractivity contribution is 4.72. The molecule has 1 atom stereocenters. The summed E-state index contributed by atoms with van der Waals surface area (Å²) < 4.78 is 41.1. The molecule has 0 aromatic carbocycles. The highest BCUT2D eigenvalue weighted by Gasteiger charge is 2.39. The minimum Gasteiger partial charge on any atom is -0.382 e. The van der Waals surface area contributed by atoms with Gasteiger partial charge in [0, 0.05) is 26.2 Å². The molecule has 1 aliphatic heterocycles. The number of halogens is 3. The minimum absolute atomic E-state index is 0.354. The molecule has 0 aliphatic carbocycles. The number of rotatable bonds is 2. The van der Waals surface area contributed by atoms with Gasteiger partial charge in [-0.15, -0.1) is 0 Å². The minimum atomic E-state index is -4.52. The van der Waals surface area contributed by atoms with Gasteiger partial charge in [-0.2, -0.15) is 13.2 Å². The number of hydrogen-bond donors (Lipinski definition) is 1. The lowest BCUT2D eigenvalue weighted by molar-refractivity contribution is -0.208. The van der Waals surface area contributed by atoms with Gasteiger partial charge in [-0.25, -0.2) is 0 Å². The summed E-state index contributed by atoms with van der Waals surface area (Å²) in [5.74, 6) is 0. The monoisotopic (exact) mass is 213 g/mol. The van der Waals surface area contributed by atoms with Gasteiger partial charge in [-0.05, 0) is 6.42 Å². The molecule has 0 radical (unpaired) electrons. The fourth-order valence-electron chi connectivity index (χ4n) is 1.33. The van der Waals surface area contributed by atoms with Crippen molar-refractivity contribution >= 4 is 0 Å². The van der Waals surface area contributed by atoms with Crippen LogP contribution in [0.5, 0.6) is 0 Å². The van der Waals surface area contributed by atoms with E-state index in [4.69, 9.17) is 9.84 Å². The number of nitrogens with zero attached hydrogens (tertiary/aromatic N) is 1. The maximum absolute atomic E-state index is 12.0. The number of ether oxygens (including phenoxy) is 1. The van der Waals surface area contributed by atoms with Crippen molar-refractivity contribution in [1.29, 1.82) is 0 Å². The molecular formula is C8H14F3NO2. The van der Waals surface area contributed by atoms with Crippen LogP contribution in [0.15, 0.2) is 0 Å². The summed E-state index contributed by atoms with van der Waals surface area (Å²) in [7, 11) is 0. The third kappa shape index (κ3) is 3.81. The van der Waals surface area contributed by atoms with Gasteiger partial charge >= 0.3 is 6.18 Å². The normalized spacial score (nSPS) is 23.1. The van der Waals surface area contributed by atoms with E-state index in [-0.39, 0.29) is 6.54 Å². The molecule has 1 N–H and O–H groups in total. The van der Waals surface area contributed by atoms with E-state index >= 15 is 0 Å². The van der Waals surface area contributed by atoms with Gasteiger partial charge in [0.1, 0.15) is 0 Å². The zero-order valence-corrected chi connectivity index (χ0v) is 7.76. The Kier molecular flexibility index (Phi) is 4.15. The molecule has 3 nitrogen and oxygen atoms in total. The SMILES string of the molecule is OC(CN1CCCOCC1)C(F)(F)F. The smallest absolute Gasteiger partial charge is 0.382 e. The highest BCUT2D eigenvalue weighted by atomic mass is 19.4. The number of β-amino-alcohol motifs (C(OH)–C–C–N with tert-alkyl or cyclic N) is 1. The van der Waals surface area contributed by atoms with Crippen molar-refractivity contribution in [2.75, 3.05) is 32.8 Å². The lowest BCUT2D eigenvalue weighted by Gasteiger charge is -2.23. The first kappa shape index (κ1) is 11.7. The van der Waals surface area contributed by atoms with Gasteiger partial charge in [0.15, 0.2) is 6.10 Å². The van der Waals surface area contributed by atoms with Crippen LogP contribution in [0.2, 0.25) is 0 Å². The van der Waals surface area contributed by atoms with E-state index in [0.717, 1.165) is 0 Å². The van der Waals surface area contributed by atoms with Crippen molar-refractivity contribution in [3.63, 3.8) is 0 Å². The van der Waals surface area contributed by atoms with Crippen LogP contribution in [0.1, 0.15) is 6.42 Å². The Morgan fingerprint density at radius 1 is 1.29 bits per heavy atom. The Balaban J connectivity index is 2.34. The predicted molar refractivity (Wildman–Crippen MR) is 43.9 cm³/mol. The summed E-state index contributed by atoms with van der Waals surface area (Å²) in [4.78, 5) is 1.57. The first-order valence-corrected chi connectivity index (χ1v) is 4.55. The van der Waals surface area contributed by atoms with Crippen LogP contribution < -0.4 is 0 Å². The third-order valence-corrected chi connectivity index (χ3v) is 2.12. The number of hydrogen-bond acceptors (Lipinski definition) is 3. The van der Waals surface area contributed by atoms with Crippen LogP contribution in [-0.2, 0) is 4.74 Å². The second-order valence-electron chi connectivity index (χ2n) is 3.32. The fraction of sp³-hybridized carbons (Fsp3) is 1.00. The second-order valence-corrected chi connectivity index (χ2v) is 3.32. The first-order chi connectivity index (χ1) is 6.50. The van der Waals surface area contributed by atoms with E-state index in [1.165, 1.54) is 0 Å². The molecule has 1 heterocycles. The lowest BCUT2D eigenvalue weighted by atomic mass is 10.3. The van der Waals surface area contributed by atoms with Crippen molar-refractivity contribution in [3.05, 3.63) is 0 Å². The Morgan fingerprint density at radius 2 is 2.00 bits per heavy atom. The van der Waals surface area contributed by atoms with Gasteiger partial charge < -0.3 is 9.84 Å². The van der Waals surface area contributed by atoms with Gasteiger partial charge in [-0.3, -0.25) is 4.90 Å². The largest absolute Gasteiger partial charge is 0.415 e. The Morgan fingerprint density at radius 3 is 2.64 bits per heavy atom. The van der Waals surface area contributed by atoms with E-state index in [2.05, 4.69) is 0 Å². The van der Waals surface area contributed by atoms with Crippen molar-refractivity contribution < 1.29 is 23.0 Å². The van der Waals surface area contributed by atoms with Gasteiger partial charge in [0.2, 0.25) is 0 Å². The zero-order valence-electron chi connectivity index (χ0n) is 7.76. The second kappa shape index (κ2) is 4.95. The van der Waals surface area contributed by atoms with E-state index in [0.29, 0.717) is 32.7 Å². The molecule has 0 spiro atoms. The van der Waals surface area contributed by atoms with Crippen molar-refractivity contribution in [2.24, 2.45) is 0 Å². The Bertz CT molecular complexity index is 166. The molecule has 0 saturated carbocycles. The topological polar surface area (TPSA) is 32.7 Å². The summed E-state index contributed by atoms with van der Waals surface area (Å²) in [6.07, 6.45) is -6.06. The quantitative estimate of drug-likeness (QED) is 0.730. The van der Waals surface area contributed by atoms with Crippen LogP contribution in [0.3, 0.4) is 0 Å². The van der Waals surface area contributed by atoms with Crippen molar-refractivity contribution in [3.8, 4) is 0 Å². The van der Waals surface area contributed by atoms with Crippen LogP contribution >= 0.6 is 0 Å². The Labute approximate surface area is 80.5 Å². The molecule has 6 heteroatoms. The van der Waals surface area contributed by atoms with E-state index in [1.54, 1.807) is 4.90 Å². The molecule has 0 bridgehead atoms. The highest BCUT2D eigenvalue weighted by Crippen LogP contribution is 2.20. The van der Waals surface area contributed by atoms with Crippen molar-refractivity contribution in [1.82, 2.24) is 4.90 Å². The molecule has 1 saturated heterocycles. The zero-order chi connectivity index (χ0) is 10.6. The van der Waals surface area contributed by atoms with Crippen LogP contribution in [0, 0.1) is 0 Å². The molecule has 1 aliphatic rings. The number of aliphatic hydroxyl groups is 1. The first-order valence-electron chi connectivity index (χ1n) is 4.55. The van der Waals surface area contributed by atoms with Gasteiger partial charge in [0.25, 0.3) is 0 Å². The molecule has 14 heavy (non-hydrogen) atoms. The molecule has 84 valence electrons. The summed E-state index contributed by atoms with van der Waals surface area (Å²) in [6.45, 7) is 1.66. The van der Waals surface area contributed by atoms with Crippen LogP contribution in [0.25, 0.3) is 0 Å². The predicted octanol–water partition coefficient (Wildman–Crippen LogP) is 0.632. The molecule has 1 unspecified atom stereocenters. The van der Waals surface area contributed by atoms with Crippen LogP contribution in [0.4, 0.5) is 13.2 Å². The lowest BCUT2D eigenvalue weighted by Crippen LogP contribution is -2.41. The summed E-state index contributed by atoms with van der Waals surface area (Å²) in [5, 5.41) is 8.82. The maximum atomic E-state index is 12.0. The maximum Gasteiger partial charge on any atom is 0.415 e. The molecule has 0 aromatic rings. The molecule has 1 fully saturated rings. The van der Waals surface area contributed by atoms with E-state index < -0.39 is 12.3 Å². The standard InChI is InChI=1S/C8H14F3NO2/c9-8(10,11)7(13)6-12-2-1-4-14-5-3-12/h7,13H,1-6H2. The summed E-state index contributed by atoms with van der Waals surface area (Å²) >= 11 is 0. The summed E-state index contributed by atoms with van der Waals surface area (Å²) in [6, 6.07) is 0. The molecule has 0 amide bonds. The average Bonchev–Trinajstić information content (AvgIpc) is 2.31. The summed E-state index contributed by atoms with van der Waals surface area (Å²) in [5.41, 5.74) is 0. The average molecular weight is 213 g/mol. The fourth-order valence-corrected chi connectivity index (χ4v) is 1.33. The van der Waals surface area contributed by atoms with E-state index in [9.17, 15) is 13.2 Å². The van der Waals surface area contributed by atoms with Gasteiger partial charge in [-0.1, -0.05) is 0 Å². The number of aliphatic hydroxyl groups excluding tert-OH is 1. The van der Waals surface area contributed by atoms with E-state index in [1.807, 2.05) is 0 Å². The molecular weight excluding hydrogens is 199 g/mol. The van der Waals surface area contributed by atoms with Crippen molar-refractivity contribution in [2.45, 2.75) is 18.7 Å². The number of alkyl halides is 3. The Hall–Kier alpha value is -0.330.